The Bertz CT molecular complexity index is 700. The summed E-state index contributed by atoms with van der Waals surface area (Å²) in [6.07, 6.45) is 0.396. The topological polar surface area (TPSA) is 66.8 Å². The average molecular weight is 327 g/mol. The Balaban J connectivity index is 2.12. The van der Waals surface area contributed by atoms with Gasteiger partial charge in [0.1, 0.15) is 6.61 Å². The van der Waals surface area contributed by atoms with E-state index in [-0.39, 0.29) is 12.5 Å². The number of amides is 1. The summed E-state index contributed by atoms with van der Waals surface area (Å²) < 4.78 is 0. The summed E-state index contributed by atoms with van der Waals surface area (Å²) in [5.74, 6) is -1.57. The number of carboxylic acid groups (broad SMARTS) is 1. The minimum atomic E-state index is -0.843. The number of carbonyl (C=O) groups is 2. The van der Waals surface area contributed by atoms with Gasteiger partial charge in [-0.25, -0.2) is 0 Å². The van der Waals surface area contributed by atoms with Gasteiger partial charge in [0.2, 0.25) is 5.91 Å². The molecule has 2 rings (SSSR count). The molecule has 5 heteroatoms. The second-order valence-corrected chi connectivity index (χ2v) is 5.69. The van der Waals surface area contributed by atoms with Crippen LogP contribution in [0.25, 0.3) is 0 Å². The van der Waals surface area contributed by atoms with Crippen LogP contribution in [-0.2, 0) is 27.5 Å². The van der Waals surface area contributed by atoms with E-state index in [1.54, 1.807) is 25.1 Å². The first-order valence-corrected chi connectivity index (χ1v) is 7.76. The average Bonchev–Trinajstić information content (AvgIpc) is 2.56. The second-order valence-electron chi connectivity index (χ2n) is 5.69. The number of hydroxylamine groups is 1. The first kappa shape index (κ1) is 17.7. The number of rotatable bonds is 7. The van der Waals surface area contributed by atoms with Crippen molar-refractivity contribution in [1.29, 1.82) is 0 Å². The summed E-state index contributed by atoms with van der Waals surface area (Å²) in [6.45, 7) is 3.36. The number of aliphatic carboxylic acids is 1. The molecule has 0 saturated carbocycles. The van der Waals surface area contributed by atoms with Gasteiger partial charge in [-0.2, -0.15) is 5.06 Å². The second kappa shape index (κ2) is 8.26. The molecule has 0 saturated heterocycles. The fourth-order valence-electron chi connectivity index (χ4n) is 2.31. The number of hydrogen-bond acceptors (Lipinski definition) is 3. The molecule has 24 heavy (non-hydrogen) atoms. The fraction of sp³-hybridized carbons (Fsp3) is 0.263. The van der Waals surface area contributed by atoms with Gasteiger partial charge < -0.3 is 5.11 Å². The molecule has 5 nitrogen and oxygen atoms in total. The minimum Gasteiger partial charge on any atom is -0.481 e. The van der Waals surface area contributed by atoms with Crippen LogP contribution >= 0.6 is 0 Å². The maximum Gasteiger partial charge on any atom is 0.306 e. The Hall–Kier alpha value is -2.66. The summed E-state index contributed by atoms with van der Waals surface area (Å²) in [5, 5.41) is 10.3. The summed E-state index contributed by atoms with van der Waals surface area (Å²) in [6, 6.07) is 16.8. The lowest BCUT2D eigenvalue weighted by atomic mass is 10.0. The van der Waals surface area contributed by atoms with Gasteiger partial charge >= 0.3 is 5.97 Å². The number of benzene rings is 2. The van der Waals surface area contributed by atoms with Crippen molar-refractivity contribution in [2.75, 3.05) is 5.06 Å². The monoisotopic (exact) mass is 327 g/mol. The molecule has 0 heterocycles. The third-order valence-corrected chi connectivity index (χ3v) is 3.60. The molecule has 1 atom stereocenters. The summed E-state index contributed by atoms with van der Waals surface area (Å²) in [5.41, 5.74) is 2.39. The molecule has 2 aromatic carbocycles. The predicted octanol–water partition coefficient (Wildman–Crippen LogP) is 3.43. The highest BCUT2D eigenvalue weighted by molar-refractivity contribution is 5.89. The third-order valence-electron chi connectivity index (χ3n) is 3.60. The molecule has 0 fully saturated rings. The van der Waals surface area contributed by atoms with Crippen LogP contribution in [0.3, 0.4) is 0 Å². The third kappa shape index (κ3) is 4.93. The Morgan fingerprint density at radius 3 is 2.38 bits per heavy atom. The van der Waals surface area contributed by atoms with E-state index < -0.39 is 11.9 Å². The van der Waals surface area contributed by atoms with Crippen LogP contribution in [0.5, 0.6) is 0 Å². The summed E-state index contributed by atoms with van der Waals surface area (Å²) >= 11 is 0. The maximum absolute atomic E-state index is 11.9. The number of nitrogens with zero attached hydrogens (tertiary/aromatic N) is 1. The molecule has 1 unspecified atom stereocenters. The quantitative estimate of drug-likeness (QED) is 0.791. The van der Waals surface area contributed by atoms with Gasteiger partial charge in [0, 0.05) is 6.92 Å². The summed E-state index contributed by atoms with van der Waals surface area (Å²) in [7, 11) is 0. The van der Waals surface area contributed by atoms with Gasteiger partial charge in [-0.05, 0) is 29.7 Å². The van der Waals surface area contributed by atoms with E-state index in [1.165, 1.54) is 12.0 Å². The van der Waals surface area contributed by atoms with Crippen LogP contribution < -0.4 is 5.06 Å². The zero-order valence-electron chi connectivity index (χ0n) is 13.8. The van der Waals surface area contributed by atoms with E-state index >= 15 is 0 Å². The van der Waals surface area contributed by atoms with Gasteiger partial charge in [-0.15, -0.1) is 0 Å². The van der Waals surface area contributed by atoms with E-state index in [9.17, 15) is 9.59 Å². The highest BCUT2D eigenvalue weighted by Crippen LogP contribution is 2.20. The van der Waals surface area contributed by atoms with Crippen LogP contribution in [0, 0.1) is 5.92 Å². The Morgan fingerprint density at radius 1 is 1.08 bits per heavy atom. The van der Waals surface area contributed by atoms with Crippen molar-refractivity contribution in [3.05, 3.63) is 65.7 Å². The van der Waals surface area contributed by atoms with E-state index in [1.807, 2.05) is 36.4 Å². The first-order chi connectivity index (χ1) is 11.5. The van der Waals surface area contributed by atoms with E-state index in [2.05, 4.69) is 0 Å². The van der Waals surface area contributed by atoms with Crippen molar-refractivity contribution < 1.29 is 19.5 Å². The molecule has 0 aliphatic heterocycles. The van der Waals surface area contributed by atoms with Crippen molar-refractivity contribution in [2.45, 2.75) is 26.9 Å². The highest BCUT2D eigenvalue weighted by atomic mass is 16.7. The van der Waals surface area contributed by atoms with Crippen molar-refractivity contribution in [3.63, 3.8) is 0 Å². The molecular formula is C19H21NO4. The zero-order valence-corrected chi connectivity index (χ0v) is 13.8. The van der Waals surface area contributed by atoms with E-state index in [0.29, 0.717) is 12.1 Å². The molecule has 126 valence electrons. The molecule has 0 radical (unpaired) electrons. The maximum atomic E-state index is 11.9. The van der Waals surface area contributed by atoms with Crippen molar-refractivity contribution >= 4 is 17.6 Å². The predicted molar refractivity (Wildman–Crippen MR) is 91.3 cm³/mol. The largest absolute Gasteiger partial charge is 0.481 e. The van der Waals surface area contributed by atoms with E-state index in [0.717, 1.165) is 11.1 Å². The Kier molecular flexibility index (Phi) is 6.09. The number of anilines is 1. The molecule has 0 bridgehead atoms. The lowest BCUT2D eigenvalue weighted by Crippen LogP contribution is -2.28. The molecule has 0 aliphatic rings. The highest BCUT2D eigenvalue weighted by Gasteiger charge is 2.16. The Morgan fingerprint density at radius 2 is 1.75 bits per heavy atom. The first-order valence-electron chi connectivity index (χ1n) is 7.76. The van der Waals surface area contributed by atoms with Gasteiger partial charge in [-0.3, -0.25) is 14.4 Å². The van der Waals surface area contributed by atoms with Gasteiger partial charge in [0.05, 0.1) is 11.6 Å². The standard InChI is InChI=1S/C19H21NO4/c1-14(19(22)23)11-17-9-6-10-18(12-17)20(15(2)21)24-13-16-7-4-3-5-8-16/h3-10,12,14H,11,13H2,1-2H3,(H,22,23). The van der Waals surface area contributed by atoms with Gasteiger partial charge in [0.25, 0.3) is 0 Å². The number of carboxylic acids is 1. The molecule has 1 amide bonds. The summed E-state index contributed by atoms with van der Waals surface area (Å²) in [4.78, 5) is 28.6. The Labute approximate surface area is 141 Å². The molecule has 0 aliphatic carbocycles. The normalized spacial score (nSPS) is 11.8. The lowest BCUT2D eigenvalue weighted by Gasteiger charge is -2.21. The smallest absolute Gasteiger partial charge is 0.306 e. The van der Waals surface area contributed by atoms with E-state index in [4.69, 9.17) is 9.94 Å². The molecule has 1 N–H and O–H groups in total. The lowest BCUT2D eigenvalue weighted by molar-refractivity contribution is -0.141. The van der Waals surface area contributed by atoms with Crippen LogP contribution in [0.15, 0.2) is 54.6 Å². The van der Waals surface area contributed by atoms with Gasteiger partial charge in [-0.1, -0.05) is 49.4 Å². The van der Waals surface area contributed by atoms with Crippen LogP contribution in [0.4, 0.5) is 5.69 Å². The van der Waals surface area contributed by atoms with Gasteiger partial charge in [0.15, 0.2) is 0 Å². The number of carbonyl (C=O) groups excluding carboxylic acids is 1. The number of hydrogen-bond donors (Lipinski definition) is 1. The van der Waals surface area contributed by atoms with Crippen LogP contribution in [-0.4, -0.2) is 17.0 Å². The van der Waals surface area contributed by atoms with Crippen molar-refractivity contribution in [3.8, 4) is 0 Å². The fourth-order valence-corrected chi connectivity index (χ4v) is 2.31. The minimum absolute atomic E-state index is 0.241. The molecule has 0 aromatic heterocycles. The molecular weight excluding hydrogens is 306 g/mol. The van der Waals surface area contributed by atoms with Crippen LogP contribution in [0.2, 0.25) is 0 Å². The molecule has 2 aromatic rings. The van der Waals surface area contributed by atoms with Crippen molar-refractivity contribution in [1.82, 2.24) is 0 Å². The van der Waals surface area contributed by atoms with Crippen molar-refractivity contribution in [2.24, 2.45) is 5.92 Å². The van der Waals surface area contributed by atoms with Crippen LogP contribution in [0.1, 0.15) is 25.0 Å². The SMILES string of the molecule is CC(=O)N(OCc1ccccc1)c1cccc(CC(C)C(=O)O)c1. The zero-order chi connectivity index (χ0) is 17.5. The molecule has 0 spiro atoms.